The molecule has 1 aromatic rings. The van der Waals surface area contributed by atoms with Crippen LogP contribution in [-0.2, 0) is 9.59 Å². The van der Waals surface area contributed by atoms with Crippen LogP contribution in [0.25, 0.3) is 0 Å². The first kappa shape index (κ1) is 14.6. The summed E-state index contributed by atoms with van der Waals surface area (Å²) in [5.74, 6) is -0.439. The Bertz CT molecular complexity index is 439. The third kappa shape index (κ3) is 4.68. The van der Waals surface area contributed by atoms with Gasteiger partial charge in [-0.3, -0.25) is 9.59 Å². The van der Waals surface area contributed by atoms with E-state index in [9.17, 15) is 9.59 Å². The molecule has 0 aromatic heterocycles. The molecule has 2 amide bonds. The molecule has 4 heteroatoms. The highest BCUT2D eigenvalue weighted by Crippen LogP contribution is 2.25. The number of carbonyl (C=O) groups is 2. The van der Waals surface area contributed by atoms with Crippen molar-refractivity contribution in [3.05, 3.63) is 30.3 Å². The van der Waals surface area contributed by atoms with Gasteiger partial charge in [-0.15, -0.1) is 0 Å². The highest BCUT2D eigenvalue weighted by molar-refractivity contribution is 6.39. The Labute approximate surface area is 119 Å². The fourth-order valence-corrected chi connectivity index (χ4v) is 2.66. The summed E-state index contributed by atoms with van der Waals surface area (Å²) in [6.07, 6.45) is 7.42. The third-order valence-electron chi connectivity index (χ3n) is 3.80. The summed E-state index contributed by atoms with van der Waals surface area (Å²) in [4.78, 5) is 23.3. The van der Waals surface area contributed by atoms with E-state index < -0.39 is 11.8 Å². The van der Waals surface area contributed by atoms with E-state index in [2.05, 4.69) is 10.6 Å². The molecule has 2 rings (SSSR count). The molecule has 20 heavy (non-hydrogen) atoms. The van der Waals surface area contributed by atoms with Gasteiger partial charge in [0, 0.05) is 12.2 Å². The van der Waals surface area contributed by atoms with Crippen molar-refractivity contribution in [3.63, 3.8) is 0 Å². The van der Waals surface area contributed by atoms with Crippen LogP contribution < -0.4 is 10.6 Å². The van der Waals surface area contributed by atoms with E-state index in [1.807, 2.05) is 18.2 Å². The van der Waals surface area contributed by atoms with Gasteiger partial charge >= 0.3 is 11.8 Å². The fourth-order valence-electron chi connectivity index (χ4n) is 2.66. The summed E-state index contributed by atoms with van der Waals surface area (Å²) in [6, 6.07) is 9.01. The van der Waals surface area contributed by atoms with Crippen LogP contribution >= 0.6 is 0 Å². The van der Waals surface area contributed by atoms with Gasteiger partial charge in [0.1, 0.15) is 0 Å². The Morgan fingerprint density at radius 2 is 1.70 bits per heavy atom. The maximum Gasteiger partial charge on any atom is 0.313 e. The Morgan fingerprint density at radius 3 is 2.40 bits per heavy atom. The lowest BCUT2D eigenvalue weighted by atomic mass is 9.87. The van der Waals surface area contributed by atoms with E-state index in [0.717, 1.165) is 6.42 Å². The second-order valence-corrected chi connectivity index (χ2v) is 5.37. The number of benzene rings is 1. The standard InChI is InChI=1S/C16H22N2O2/c19-15(16(20)18-14-9-5-2-6-10-14)17-12-11-13-7-3-1-4-8-13/h2,5-6,9-10,13H,1,3-4,7-8,11-12H2,(H,17,19)(H,18,20). The molecule has 0 heterocycles. The minimum atomic E-state index is -0.597. The zero-order valence-corrected chi connectivity index (χ0v) is 11.7. The SMILES string of the molecule is O=C(NCCC1CCCCC1)C(=O)Nc1ccccc1. The third-order valence-corrected chi connectivity index (χ3v) is 3.80. The predicted octanol–water partition coefficient (Wildman–Crippen LogP) is 2.71. The molecule has 0 spiro atoms. The van der Waals surface area contributed by atoms with E-state index in [0.29, 0.717) is 18.2 Å². The topological polar surface area (TPSA) is 58.2 Å². The number of para-hydroxylation sites is 1. The molecule has 0 unspecified atom stereocenters. The highest BCUT2D eigenvalue weighted by Gasteiger charge is 2.16. The average Bonchev–Trinajstić information content (AvgIpc) is 2.49. The maximum absolute atomic E-state index is 11.7. The van der Waals surface area contributed by atoms with Crippen molar-refractivity contribution < 1.29 is 9.59 Å². The summed E-state index contributed by atoms with van der Waals surface area (Å²) >= 11 is 0. The number of hydrogen-bond acceptors (Lipinski definition) is 2. The molecule has 1 aliphatic rings. The molecule has 0 atom stereocenters. The van der Waals surface area contributed by atoms with E-state index in [1.165, 1.54) is 32.1 Å². The Kier molecular flexibility index (Phi) is 5.59. The largest absolute Gasteiger partial charge is 0.348 e. The lowest BCUT2D eigenvalue weighted by molar-refractivity contribution is -0.136. The molecule has 1 saturated carbocycles. The van der Waals surface area contributed by atoms with Gasteiger partial charge in [0.05, 0.1) is 0 Å². The summed E-state index contributed by atoms with van der Waals surface area (Å²) in [7, 11) is 0. The molecule has 0 aliphatic heterocycles. The van der Waals surface area contributed by atoms with Crippen molar-refractivity contribution in [3.8, 4) is 0 Å². The number of carbonyl (C=O) groups excluding carboxylic acids is 2. The van der Waals surface area contributed by atoms with Gasteiger partial charge in [-0.05, 0) is 24.5 Å². The Morgan fingerprint density at radius 1 is 1.00 bits per heavy atom. The smallest absolute Gasteiger partial charge is 0.313 e. The molecule has 2 N–H and O–H groups in total. The number of nitrogens with one attached hydrogen (secondary N) is 2. The average molecular weight is 274 g/mol. The molecular formula is C16H22N2O2. The van der Waals surface area contributed by atoms with Crippen LogP contribution in [0.1, 0.15) is 38.5 Å². The van der Waals surface area contributed by atoms with Crippen LogP contribution in [0.15, 0.2) is 30.3 Å². The zero-order chi connectivity index (χ0) is 14.2. The fraction of sp³-hybridized carbons (Fsp3) is 0.500. The maximum atomic E-state index is 11.7. The summed E-state index contributed by atoms with van der Waals surface area (Å²) < 4.78 is 0. The quantitative estimate of drug-likeness (QED) is 0.829. The van der Waals surface area contributed by atoms with Crippen molar-refractivity contribution in [2.45, 2.75) is 38.5 Å². The molecule has 0 saturated heterocycles. The zero-order valence-electron chi connectivity index (χ0n) is 11.7. The van der Waals surface area contributed by atoms with E-state index in [1.54, 1.807) is 12.1 Å². The monoisotopic (exact) mass is 274 g/mol. The van der Waals surface area contributed by atoms with Gasteiger partial charge in [0.25, 0.3) is 0 Å². The van der Waals surface area contributed by atoms with Crippen LogP contribution in [0.5, 0.6) is 0 Å². The molecule has 1 aliphatic carbocycles. The number of amides is 2. The summed E-state index contributed by atoms with van der Waals surface area (Å²) in [6.45, 7) is 0.589. The minimum absolute atomic E-state index is 0.551. The van der Waals surface area contributed by atoms with Crippen molar-refractivity contribution in [2.24, 2.45) is 5.92 Å². The predicted molar refractivity (Wildman–Crippen MR) is 79.3 cm³/mol. The first-order valence-electron chi connectivity index (χ1n) is 7.40. The highest BCUT2D eigenvalue weighted by atomic mass is 16.2. The lowest BCUT2D eigenvalue weighted by Crippen LogP contribution is -2.36. The lowest BCUT2D eigenvalue weighted by Gasteiger charge is -2.21. The molecule has 0 radical (unpaired) electrons. The van der Waals surface area contributed by atoms with Crippen LogP contribution in [0.3, 0.4) is 0 Å². The van der Waals surface area contributed by atoms with Crippen molar-refractivity contribution in [1.82, 2.24) is 5.32 Å². The van der Waals surface area contributed by atoms with E-state index >= 15 is 0 Å². The Balaban J connectivity index is 1.67. The van der Waals surface area contributed by atoms with Gasteiger partial charge < -0.3 is 10.6 Å². The van der Waals surface area contributed by atoms with Gasteiger partial charge in [0.2, 0.25) is 0 Å². The molecule has 1 fully saturated rings. The molecule has 1 aromatic carbocycles. The van der Waals surface area contributed by atoms with Gasteiger partial charge in [-0.1, -0.05) is 50.3 Å². The number of rotatable bonds is 4. The summed E-state index contributed by atoms with van der Waals surface area (Å²) in [5, 5.41) is 5.28. The molecular weight excluding hydrogens is 252 g/mol. The molecule has 4 nitrogen and oxygen atoms in total. The van der Waals surface area contributed by atoms with Gasteiger partial charge in [0.15, 0.2) is 0 Å². The number of hydrogen-bond donors (Lipinski definition) is 2. The summed E-state index contributed by atoms with van der Waals surface area (Å²) in [5.41, 5.74) is 0.639. The van der Waals surface area contributed by atoms with Crippen LogP contribution in [0.4, 0.5) is 5.69 Å². The van der Waals surface area contributed by atoms with Gasteiger partial charge in [-0.25, -0.2) is 0 Å². The van der Waals surface area contributed by atoms with Crippen LogP contribution in [-0.4, -0.2) is 18.4 Å². The van der Waals surface area contributed by atoms with Crippen LogP contribution in [0.2, 0.25) is 0 Å². The minimum Gasteiger partial charge on any atom is -0.348 e. The van der Waals surface area contributed by atoms with E-state index in [-0.39, 0.29) is 0 Å². The normalized spacial score (nSPS) is 15.6. The first-order chi connectivity index (χ1) is 9.75. The Hall–Kier alpha value is -1.84. The van der Waals surface area contributed by atoms with Crippen molar-refractivity contribution in [1.29, 1.82) is 0 Å². The number of anilines is 1. The van der Waals surface area contributed by atoms with Crippen LogP contribution in [0, 0.1) is 5.92 Å². The second-order valence-electron chi connectivity index (χ2n) is 5.37. The van der Waals surface area contributed by atoms with Crippen molar-refractivity contribution >= 4 is 17.5 Å². The first-order valence-corrected chi connectivity index (χ1v) is 7.40. The van der Waals surface area contributed by atoms with Gasteiger partial charge in [-0.2, -0.15) is 0 Å². The van der Waals surface area contributed by atoms with Crippen molar-refractivity contribution in [2.75, 3.05) is 11.9 Å². The molecule has 0 bridgehead atoms. The second kappa shape index (κ2) is 7.68. The molecule has 108 valence electrons. The van der Waals surface area contributed by atoms with E-state index in [4.69, 9.17) is 0 Å².